The minimum Gasteiger partial charge on any atom is -0.248 e. The van der Waals surface area contributed by atoms with E-state index in [2.05, 4.69) is 9.52 Å². The molecule has 0 amide bonds. The molecule has 1 N–H and O–H groups in total. The van der Waals surface area contributed by atoms with Crippen LogP contribution in [0.25, 0.3) is 0 Å². The molecule has 0 heterocycles. The van der Waals surface area contributed by atoms with Crippen LogP contribution in [0, 0.1) is 0 Å². The summed E-state index contributed by atoms with van der Waals surface area (Å²) in [7, 11) is -2.55. The zero-order valence-electron chi connectivity index (χ0n) is 7.77. The fraction of sp³-hybridized carbons (Fsp3) is 0.875. The zero-order valence-corrected chi connectivity index (χ0v) is 8.67. The maximum Gasteiger partial charge on any atom is 0.748 e. The smallest absolute Gasteiger partial charge is 0.248 e. The highest BCUT2D eigenvalue weighted by molar-refractivity contribution is 7.32. The van der Waals surface area contributed by atoms with Crippen molar-refractivity contribution in [1.82, 2.24) is 0 Å². The highest BCUT2D eigenvalue weighted by atomic mass is 31.1. The molecule has 0 radical (unpaired) electrons. The number of aliphatic imine (C=N–C) groups is 1. The van der Waals surface area contributed by atoms with Crippen LogP contribution in [0.5, 0.6) is 0 Å². The summed E-state index contributed by atoms with van der Waals surface area (Å²) in [6, 6.07) is 0.295. The van der Waals surface area contributed by atoms with Gasteiger partial charge < -0.3 is 0 Å². The third-order valence-electron chi connectivity index (χ3n) is 2.15. The minimum atomic E-state index is -2.55. The second kappa shape index (κ2) is 5.30. The largest absolute Gasteiger partial charge is 0.748 e. The lowest BCUT2D eigenvalue weighted by molar-refractivity contribution is 0.395. The van der Waals surface area contributed by atoms with Crippen molar-refractivity contribution in [2.75, 3.05) is 0 Å². The Labute approximate surface area is 79.0 Å². The molecule has 1 aliphatic rings. The van der Waals surface area contributed by atoms with Crippen LogP contribution in [0.4, 0.5) is 0 Å². The highest BCUT2D eigenvalue weighted by Crippen LogP contribution is 2.22. The molecule has 0 saturated heterocycles. The normalized spacial score (nSPS) is 21.4. The molecular formula is C8H15NO3P+. The summed E-state index contributed by atoms with van der Waals surface area (Å²) >= 11 is 0. The van der Waals surface area contributed by atoms with Crippen LogP contribution in [0.1, 0.15) is 39.0 Å². The van der Waals surface area contributed by atoms with E-state index in [-0.39, 0.29) is 0 Å². The molecule has 13 heavy (non-hydrogen) atoms. The summed E-state index contributed by atoms with van der Waals surface area (Å²) in [6.07, 6.45) is 5.82. The van der Waals surface area contributed by atoms with Gasteiger partial charge in [0.1, 0.15) is 0 Å². The van der Waals surface area contributed by atoms with Gasteiger partial charge in [0.2, 0.25) is 5.90 Å². The second-order valence-electron chi connectivity index (χ2n) is 3.27. The van der Waals surface area contributed by atoms with E-state index in [0.717, 1.165) is 12.8 Å². The Bertz CT molecular complexity index is 211. The Morgan fingerprint density at radius 1 is 1.46 bits per heavy atom. The summed E-state index contributed by atoms with van der Waals surface area (Å²) in [6.45, 7) is 1.62. The van der Waals surface area contributed by atoms with Crippen molar-refractivity contribution < 1.29 is 14.0 Å². The molecule has 1 fully saturated rings. The Balaban J connectivity index is 2.38. The van der Waals surface area contributed by atoms with E-state index in [4.69, 9.17) is 4.89 Å². The van der Waals surface area contributed by atoms with Crippen LogP contribution in [-0.4, -0.2) is 16.8 Å². The molecule has 1 saturated carbocycles. The third kappa shape index (κ3) is 4.34. The van der Waals surface area contributed by atoms with E-state index >= 15 is 0 Å². The van der Waals surface area contributed by atoms with E-state index < -0.39 is 8.25 Å². The van der Waals surface area contributed by atoms with Crippen molar-refractivity contribution in [3.8, 4) is 0 Å². The first kappa shape index (κ1) is 10.6. The highest BCUT2D eigenvalue weighted by Gasteiger charge is 2.17. The lowest BCUT2D eigenvalue weighted by Gasteiger charge is -2.16. The van der Waals surface area contributed by atoms with Crippen molar-refractivity contribution >= 4 is 14.2 Å². The zero-order chi connectivity index (χ0) is 9.68. The fourth-order valence-electron chi connectivity index (χ4n) is 1.60. The standard InChI is InChI=1S/C8H14NO3P/c1-7(12-13(10)11)9-8-5-3-2-4-6-8/h8H,2-6H2,1H3/p+1. The Kier molecular flexibility index (Phi) is 4.33. The van der Waals surface area contributed by atoms with Crippen LogP contribution < -0.4 is 0 Å². The van der Waals surface area contributed by atoms with Gasteiger partial charge in [0.25, 0.3) is 0 Å². The third-order valence-corrected chi connectivity index (χ3v) is 2.57. The molecule has 74 valence electrons. The number of rotatable bonds is 2. The van der Waals surface area contributed by atoms with Gasteiger partial charge in [0, 0.05) is 11.5 Å². The lowest BCUT2D eigenvalue weighted by Crippen LogP contribution is -2.12. The lowest BCUT2D eigenvalue weighted by atomic mass is 9.96. The van der Waals surface area contributed by atoms with Gasteiger partial charge in [-0.3, -0.25) is 0 Å². The predicted octanol–water partition coefficient (Wildman–Crippen LogP) is 2.40. The van der Waals surface area contributed by atoms with Crippen molar-refractivity contribution in [2.45, 2.75) is 45.1 Å². The van der Waals surface area contributed by atoms with Gasteiger partial charge in [-0.15, -0.1) is 4.89 Å². The molecule has 0 bridgehead atoms. The maximum absolute atomic E-state index is 10.3. The predicted molar refractivity (Wildman–Crippen MR) is 50.9 cm³/mol. The van der Waals surface area contributed by atoms with Crippen LogP contribution in [0.2, 0.25) is 0 Å². The summed E-state index contributed by atoms with van der Waals surface area (Å²) in [5, 5.41) is 0. The average Bonchev–Trinajstić information content (AvgIpc) is 2.04. The van der Waals surface area contributed by atoms with Gasteiger partial charge >= 0.3 is 8.25 Å². The fourth-order valence-corrected chi connectivity index (χ4v) is 1.88. The van der Waals surface area contributed by atoms with Crippen molar-refractivity contribution in [3.05, 3.63) is 0 Å². The Morgan fingerprint density at radius 2 is 2.08 bits per heavy atom. The molecule has 1 rings (SSSR count). The Hall–Kier alpha value is -0.470. The average molecular weight is 204 g/mol. The number of hydrogen-bond acceptors (Lipinski definition) is 3. The minimum absolute atomic E-state index is 0.295. The first-order chi connectivity index (χ1) is 6.18. The van der Waals surface area contributed by atoms with Crippen LogP contribution in [0.3, 0.4) is 0 Å². The Morgan fingerprint density at radius 3 is 2.62 bits per heavy atom. The summed E-state index contributed by atoms with van der Waals surface area (Å²) in [5.74, 6) is 0.329. The van der Waals surface area contributed by atoms with E-state index in [1.54, 1.807) is 6.92 Å². The van der Waals surface area contributed by atoms with E-state index in [9.17, 15) is 4.57 Å². The van der Waals surface area contributed by atoms with Crippen molar-refractivity contribution in [1.29, 1.82) is 0 Å². The van der Waals surface area contributed by atoms with Gasteiger partial charge in [-0.05, 0) is 12.8 Å². The summed E-state index contributed by atoms with van der Waals surface area (Å²) in [4.78, 5) is 12.7. The monoisotopic (exact) mass is 204 g/mol. The van der Waals surface area contributed by atoms with E-state index in [0.29, 0.717) is 11.9 Å². The van der Waals surface area contributed by atoms with Crippen molar-refractivity contribution in [3.63, 3.8) is 0 Å². The maximum atomic E-state index is 10.3. The molecule has 1 atom stereocenters. The first-order valence-corrected chi connectivity index (χ1v) is 5.70. The van der Waals surface area contributed by atoms with Gasteiger partial charge in [-0.1, -0.05) is 19.3 Å². The molecular weight excluding hydrogens is 189 g/mol. The molecule has 1 aliphatic carbocycles. The van der Waals surface area contributed by atoms with E-state index in [1.807, 2.05) is 0 Å². The van der Waals surface area contributed by atoms with Gasteiger partial charge in [0.15, 0.2) is 0 Å². The van der Waals surface area contributed by atoms with E-state index in [1.165, 1.54) is 19.3 Å². The SMILES string of the molecule is CC(=NC1CCCCC1)O[P+](=O)O. The van der Waals surface area contributed by atoms with Gasteiger partial charge in [-0.2, -0.15) is 0 Å². The molecule has 4 nitrogen and oxygen atoms in total. The van der Waals surface area contributed by atoms with Gasteiger partial charge in [-0.25, -0.2) is 9.52 Å². The molecule has 0 aliphatic heterocycles. The summed E-state index contributed by atoms with van der Waals surface area (Å²) < 4.78 is 14.9. The second-order valence-corrected chi connectivity index (χ2v) is 3.93. The van der Waals surface area contributed by atoms with Crippen LogP contribution >= 0.6 is 8.25 Å². The summed E-state index contributed by atoms with van der Waals surface area (Å²) in [5.41, 5.74) is 0. The molecule has 0 aromatic heterocycles. The topological polar surface area (TPSA) is 58.9 Å². The number of nitrogens with zero attached hydrogens (tertiary/aromatic N) is 1. The quantitative estimate of drug-likeness (QED) is 0.427. The van der Waals surface area contributed by atoms with Gasteiger partial charge in [0.05, 0.1) is 6.04 Å². The molecule has 0 spiro atoms. The van der Waals surface area contributed by atoms with Crippen molar-refractivity contribution in [2.24, 2.45) is 4.99 Å². The van der Waals surface area contributed by atoms with Crippen LogP contribution in [0.15, 0.2) is 4.99 Å². The first-order valence-electron chi connectivity index (χ1n) is 4.57. The van der Waals surface area contributed by atoms with Crippen LogP contribution in [-0.2, 0) is 9.09 Å². The molecule has 0 aromatic rings. The molecule has 0 aromatic carbocycles. The molecule has 1 unspecified atom stereocenters. The number of hydrogen-bond donors (Lipinski definition) is 1. The molecule has 5 heteroatoms.